The fourth-order valence-corrected chi connectivity index (χ4v) is 2.30. The van der Waals surface area contributed by atoms with Gasteiger partial charge in [-0.15, -0.1) is 0 Å². The Balaban J connectivity index is 2.29. The highest BCUT2D eigenvalue weighted by atomic mass is 19.2. The smallest absolute Gasteiger partial charge is 0.167 e. The minimum absolute atomic E-state index is 0.303. The molecule has 0 unspecified atom stereocenters. The molecule has 0 saturated heterocycles. The maximum atomic E-state index is 14.3. The standard InChI is InChI=1S/C18H12F2/c19-16-12-11-15(13-7-3-1-4-8-13)17(18(16)20)14-9-5-2-6-10-14/h1-12H. The lowest BCUT2D eigenvalue weighted by Gasteiger charge is -2.12. The Kier molecular flexibility index (Phi) is 3.30. The van der Waals surface area contributed by atoms with Crippen LogP contribution in [-0.2, 0) is 0 Å². The average Bonchev–Trinajstić information content (AvgIpc) is 2.51. The van der Waals surface area contributed by atoms with Crippen LogP contribution in [0, 0.1) is 11.6 Å². The van der Waals surface area contributed by atoms with Gasteiger partial charge in [0.25, 0.3) is 0 Å². The van der Waals surface area contributed by atoms with Gasteiger partial charge >= 0.3 is 0 Å². The van der Waals surface area contributed by atoms with Crippen LogP contribution in [0.2, 0.25) is 0 Å². The Morgan fingerprint density at radius 3 is 1.70 bits per heavy atom. The summed E-state index contributed by atoms with van der Waals surface area (Å²) < 4.78 is 27.8. The molecule has 0 fully saturated rings. The van der Waals surface area contributed by atoms with E-state index in [0.29, 0.717) is 16.7 Å². The first-order chi connectivity index (χ1) is 9.77. The molecule has 2 heteroatoms. The van der Waals surface area contributed by atoms with Crippen LogP contribution in [0.1, 0.15) is 0 Å². The van der Waals surface area contributed by atoms with Gasteiger partial charge in [-0.1, -0.05) is 66.7 Å². The maximum absolute atomic E-state index is 14.3. The SMILES string of the molecule is Fc1ccc(-c2ccccc2)c(-c2ccccc2)c1F. The second-order valence-electron chi connectivity index (χ2n) is 4.52. The third kappa shape index (κ3) is 2.21. The molecule has 0 aromatic heterocycles. The van der Waals surface area contributed by atoms with E-state index in [1.807, 2.05) is 48.5 Å². The molecule has 0 radical (unpaired) electrons. The fourth-order valence-electron chi connectivity index (χ4n) is 2.30. The van der Waals surface area contributed by atoms with E-state index in [0.717, 1.165) is 5.56 Å². The molecule has 0 spiro atoms. The summed E-state index contributed by atoms with van der Waals surface area (Å²) in [4.78, 5) is 0. The first-order valence-corrected chi connectivity index (χ1v) is 6.36. The Hall–Kier alpha value is -2.48. The predicted molar refractivity (Wildman–Crippen MR) is 77.2 cm³/mol. The second kappa shape index (κ2) is 5.25. The molecule has 3 aromatic rings. The van der Waals surface area contributed by atoms with Crippen LogP contribution in [0.15, 0.2) is 72.8 Å². The lowest BCUT2D eigenvalue weighted by Crippen LogP contribution is -1.93. The predicted octanol–water partition coefficient (Wildman–Crippen LogP) is 5.30. The van der Waals surface area contributed by atoms with Gasteiger partial charge in [0.2, 0.25) is 0 Å². The quantitative estimate of drug-likeness (QED) is 0.590. The van der Waals surface area contributed by atoms with Crippen molar-refractivity contribution in [2.45, 2.75) is 0 Å². The zero-order valence-corrected chi connectivity index (χ0v) is 10.7. The number of benzene rings is 3. The summed E-state index contributed by atoms with van der Waals surface area (Å²) in [6.45, 7) is 0. The Bertz CT molecular complexity index is 719. The average molecular weight is 266 g/mol. The van der Waals surface area contributed by atoms with Crippen LogP contribution in [0.3, 0.4) is 0 Å². The summed E-state index contributed by atoms with van der Waals surface area (Å²) in [5.41, 5.74) is 2.53. The minimum atomic E-state index is -0.830. The molecule has 0 aliphatic heterocycles. The van der Waals surface area contributed by atoms with Gasteiger partial charge in [0.1, 0.15) is 0 Å². The van der Waals surface area contributed by atoms with E-state index < -0.39 is 11.6 Å². The summed E-state index contributed by atoms with van der Waals surface area (Å²) in [5, 5.41) is 0. The number of rotatable bonds is 2. The topological polar surface area (TPSA) is 0 Å². The first-order valence-electron chi connectivity index (χ1n) is 6.36. The van der Waals surface area contributed by atoms with Crippen molar-refractivity contribution in [3.8, 4) is 22.3 Å². The highest BCUT2D eigenvalue weighted by Crippen LogP contribution is 2.35. The molecule has 0 bridgehead atoms. The largest absolute Gasteiger partial charge is 0.204 e. The molecular weight excluding hydrogens is 254 g/mol. The Morgan fingerprint density at radius 1 is 0.550 bits per heavy atom. The molecular formula is C18H12F2. The molecule has 0 aliphatic carbocycles. The van der Waals surface area contributed by atoms with Crippen LogP contribution in [0.25, 0.3) is 22.3 Å². The maximum Gasteiger partial charge on any atom is 0.167 e. The number of hydrogen-bond donors (Lipinski definition) is 0. The Labute approximate surface area is 116 Å². The minimum Gasteiger partial charge on any atom is -0.204 e. The zero-order valence-electron chi connectivity index (χ0n) is 10.7. The molecule has 3 rings (SSSR count). The van der Waals surface area contributed by atoms with Gasteiger partial charge in [-0.25, -0.2) is 8.78 Å². The molecule has 0 nitrogen and oxygen atoms in total. The van der Waals surface area contributed by atoms with Gasteiger partial charge in [-0.05, 0) is 22.8 Å². The summed E-state index contributed by atoms with van der Waals surface area (Å²) in [6.07, 6.45) is 0. The molecule has 0 N–H and O–H groups in total. The molecule has 0 aliphatic rings. The van der Waals surface area contributed by atoms with Crippen molar-refractivity contribution in [2.24, 2.45) is 0 Å². The lowest BCUT2D eigenvalue weighted by molar-refractivity contribution is 0.511. The van der Waals surface area contributed by atoms with Gasteiger partial charge in [0.15, 0.2) is 11.6 Å². The van der Waals surface area contributed by atoms with Gasteiger partial charge in [-0.3, -0.25) is 0 Å². The van der Waals surface area contributed by atoms with Crippen molar-refractivity contribution < 1.29 is 8.78 Å². The van der Waals surface area contributed by atoms with Gasteiger partial charge in [-0.2, -0.15) is 0 Å². The molecule has 0 amide bonds. The van der Waals surface area contributed by atoms with Crippen LogP contribution < -0.4 is 0 Å². The van der Waals surface area contributed by atoms with Crippen molar-refractivity contribution >= 4 is 0 Å². The zero-order chi connectivity index (χ0) is 13.9. The highest BCUT2D eigenvalue weighted by molar-refractivity contribution is 5.83. The summed E-state index contributed by atoms with van der Waals surface area (Å²) in [6, 6.07) is 21.3. The third-order valence-electron chi connectivity index (χ3n) is 3.24. The summed E-state index contributed by atoms with van der Waals surface area (Å²) in [5.74, 6) is -1.64. The van der Waals surface area contributed by atoms with Crippen molar-refractivity contribution in [3.63, 3.8) is 0 Å². The van der Waals surface area contributed by atoms with Crippen molar-refractivity contribution in [2.75, 3.05) is 0 Å². The number of hydrogen-bond acceptors (Lipinski definition) is 0. The third-order valence-corrected chi connectivity index (χ3v) is 3.24. The van der Waals surface area contributed by atoms with Gasteiger partial charge in [0.05, 0.1) is 0 Å². The van der Waals surface area contributed by atoms with E-state index in [1.165, 1.54) is 6.07 Å². The summed E-state index contributed by atoms with van der Waals surface area (Å²) in [7, 11) is 0. The highest BCUT2D eigenvalue weighted by Gasteiger charge is 2.16. The monoisotopic (exact) mass is 266 g/mol. The number of halogens is 2. The van der Waals surface area contributed by atoms with Crippen LogP contribution in [0.4, 0.5) is 8.78 Å². The van der Waals surface area contributed by atoms with E-state index >= 15 is 0 Å². The van der Waals surface area contributed by atoms with Crippen molar-refractivity contribution in [3.05, 3.63) is 84.4 Å². The second-order valence-corrected chi connectivity index (χ2v) is 4.52. The van der Waals surface area contributed by atoms with Crippen LogP contribution in [0.5, 0.6) is 0 Å². The lowest BCUT2D eigenvalue weighted by atomic mass is 9.94. The van der Waals surface area contributed by atoms with Crippen LogP contribution >= 0.6 is 0 Å². The fraction of sp³-hybridized carbons (Fsp3) is 0. The Morgan fingerprint density at radius 2 is 1.10 bits per heavy atom. The van der Waals surface area contributed by atoms with Crippen molar-refractivity contribution in [1.29, 1.82) is 0 Å². The normalized spacial score (nSPS) is 10.5. The molecule has 3 aromatic carbocycles. The van der Waals surface area contributed by atoms with Gasteiger partial charge < -0.3 is 0 Å². The molecule has 98 valence electrons. The first kappa shape index (κ1) is 12.5. The molecule has 0 atom stereocenters. The summed E-state index contributed by atoms with van der Waals surface area (Å²) >= 11 is 0. The van der Waals surface area contributed by atoms with E-state index in [4.69, 9.17) is 0 Å². The van der Waals surface area contributed by atoms with Crippen molar-refractivity contribution in [1.82, 2.24) is 0 Å². The van der Waals surface area contributed by atoms with E-state index in [1.54, 1.807) is 18.2 Å². The van der Waals surface area contributed by atoms with E-state index in [2.05, 4.69) is 0 Å². The van der Waals surface area contributed by atoms with E-state index in [-0.39, 0.29) is 0 Å². The van der Waals surface area contributed by atoms with E-state index in [9.17, 15) is 8.78 Å². The molecule has 0 heterocycles. The molecule has 0 saturated carbocycles. The van der Waals surface area contributed by atoms with Crippen LogP contribution in [-0.4, -0.2) is 0 Å². The van der Waals surface area contributed by atoms with Gasteiger partial charge in [0, 0.05) is 5.56 Å². The molecule has 20 heavy (non-hydrogen) atoms.